The van der Waals surface area contributed by atoms with E-state index in [1.165, 1.54) is 0 Å². The van der Waals surface area contributed by atoms with Crippen LogP contribution in [0.5, 0.6) is 5.88 Å². The second-order valence-corrected chi connectivity index (χ2v) is 7.60. The van der Waals surface area contributed by atoms with Crippen LogP contribution in [0.4, 0.5) is 11.4 Å². The maximum atomic E-state index is 12.1. The smallest absolute Gasteiger partial charge is 0.338 e. The Hall–Kier alpha value is -4.39. The normalized spacial score (nSPS) is 11.4. The van der Waals surface area contributed by atoms with Crippen molar-refractivity contribution in [1.82, 2.24) is 4.98 Å². The maximum Gasteiger partial charge on any atom is 0.338 e. The van der Waals surface area contributed by atoms with Crippen LogP contribution in [0.3, 0.4) is 0 Å². The highest BCUT2D eigenvalue weighted by molar-refractivity contribution is 6.22. The topological polar surface area (TPSA) is 104 Å². The zero-order valence-electron chi connectivity index (χ0n) is 19.0. The SMILES string of the molecule is CCOC(=O)c1ccc2c(C(=Nc3ccc(NC(=O)CC)cc3)c3ccccc3)c(O)[nH]c2c1. The predicted octanol–water partition coefficient (Wildman–Crippen LogP) is 5.57. The molecule has 0 atom stereocenters. The van der Waals surface area contributed by atoms with Gasteiger partial charge in [-0.05, 0) is 43.3 Å². The molecule has 1 aromatic heterocycles. The van der Waals surface area contributed by atoms with Crippen LogP contribution in [0.1, 0.15) is 41.8 Å². The number of benzene rings is 3. The van der Waals surface area contributed by atoms with Gasteiger partial charge in [0.05, 0.1) is 29.1 Å². The van der Waals surface area contributed by atoms with Gasteiger partial charge in [0.1, 0.15) is 0 Å². The van der Waals surface area contributed by atoms with E-state index in [0.717, 1.165) is 10.9 Å². The Labute approximate surface area is 197 Å². The highest BCUT2D eigenvalue weighted by Gasteiger charge is 2.20. The number of hydrogen-bond donors (Lipinski definition) is 3. The second kappa shape index (κ2) is 10.0. The van der Waals surface area contributed by atoms with E-state index in [2.05, 4.69) is 10.3 Å². The van der Waals surface area contributed by atoms with Crippen molar-refractivity contribution in [2.24, 2.45) is 4.99 Å². The number of fused-ring (bicyclic) bond motifs is 1. The second-order valence-electron chi connectivity index (χ2n) is 7.60. The molecular weight excluding hydrogens is 430 g/mol. The van der Waals surface area contributed by atoms with Crippen LogP contribution < -0.4 is 5.32 Å². The number of anilines is 1. The lowest BCUT2D eigenvalue weighted by Crippen LogP contribution is -2.09. The number of nitrogens with one attached hydrogen (secondary N) is 2. The number of carbonyl (C=O) groups is 2. The minimum absolute atomic E-state index is 0.0505. The van der Waals surface area contributed by atoms with Gasteiger partial charge in [-0.2, -0.15) is 0 Å². The molecule has 0 saturated heterocycles. The molecule has 1 amide bonds. The summed E-state index contributed by atoms with van der Waals surface area (Å²) >= 11 is 0. The highest BCUT2D eigenvalue weighted by atomic mass is 16.5. The number of aromatic amines is 1. The van der Waals surface area contributed by atoms with Crippen LogP contribution in [-0.4, -0.2) is 34.3 Å². The van der Waals surface area contributed by atoms with Gasteiger partial charge in [0.15, 0.2) is 5.88 Å². The number of rotatable bonds is 7. The third kappa shape index (κ3) is 4.83. The summed E-state index contributed by atoms with van der Waals surface area (Å²) in [6.07, 6.45) is 0.399. The lowest BCUT2D eigenvalue weighted by Gasteiger charge is -2.09. The molecule has 0 fully saturated rings. The number of ether oxygens (including phenoxy) is 1. The monoisotopic (exact) mass is 455 g/mol. The van der Waals surface area contributed by atoms with Crippen molar-refractivity contribution in [2.75, 3.05) is 11.9 Å². The number of aliphatic imine (C=N–C) groups is 1. The van der Waals surface area contributed by atoms with E-state index in [1.807, 2.05) is 30.3 Å². The van der Waals surface area contributed by atoms with Crippen molar-refractivity contribution in [3.8, 4) is 5.88 Å². The third-order valence-corrected chi connectivity index (χ3v) is 5.29. The largest absolute Gasteiger partial charge is 0.494 e. The molecule has 0 unspecified atom stereocenters. The molecule has 0 spiro atoms. The van der Waals surface area contributed by atoms with Gasteiger partial charge < -0.3 is 20.1 Å². The summed E-state index contributed by atoms with van der Waals surface area (Å²) in [4.78, 5) is 31.6. The van der Waals surface area contributed by atoms with Crippen molar-refractivity contribution < 1.29 is 19.4 Å². The first-order valence-electron chi connectivity index (χ1n) is 11.1. The Balaban J connectivity index is 1.80. The quantitative estimate of drug-likeness (QED) is 0.250. The molecule has 172 valence electrons. The van der Waals surface area contributed by atoms with Crippen LogP contribution in [0.15, 0.2) is 77.8 Å². The third-order valence-electron chi connectivity index (χ3n) is 5.29. The highest BCUT2D eigenvalue weighted by Crippen LogP contribution is 2.32. The van der Waals surface area contributed by atoms with E-state index in [9.17, 15) is 14.7 Å². The van der Waals surface area contributed by atoms with E-state index < -0.39 is 5.97 Å². The Morgan fingerprint density at radius 1 is 0.971 bits per heavy atom. The van der Waals surface area contributed by atoms with Crippen LogP contribution in [0.25, 0.3) is 10.9 Å². The Bertz CT molecular complexity index is 1360. The molecular formula is C27H25N3O4. The Kier molecular flexibility index (Phi) is 6.73. The van der Waals surface area contributed by atoms with E-state index in [1.54, 1.807) is 56.3 Å². The van der Waals surface area contributed by atoms with Gasteiger partial charge in [0, 0.05) is 28.6 Å². The van der Waals surface area contributed by atoms with Crippen molar-refractivity contribution in [2.45, 2.75) is 20.3 Å². The molecule has 7 heteroatoms. The van der Waals surface area contributed by atoms with Gasteiger partial charge in [0.2, 0.25) is 5.91 Å². The van der Waals surface area contributed by atoms with Gasteiger partial charge in [-0.1, -0.05) is 43.3 Å². The lowest BCUT2D eigenvalue weighted by atomic mass is 10.00. The number of nitrogens with zero attached hydrogens (tertiary/aromatic N) is 1. The Morgan fingerprint density at radius 3 is 2.38 bits per heavy atom. The van der Waals surface area contributed by atoms with E-state index in [4.69, 9.17) is 9.73 Å². The summed E-state index contributed by atoms with van der Waals surface area (Å²) < 4.78 is 5.09. The fraction of sp³-hybridized carbons (Fsp3) is 0.148. The molecule has 34 heavy (non-hydrogen) atoms. The summed E-state index contributed by atoms with van der Waals surface area (Å²) in [6, 6.07) is 21.8. The molecule has 3 N–H and O–H groups in total. The molecule has 0 aliphatic carbocycles. The number of aromatic nitrogens is 1. The standard InChI is InChI=1S/C27H25N3O4/c1-3-23(31)28-19-11-13-20(14-12-19)29-25(17-8-6-5-7-9-17)24-21-15-10-18(27(33)34-4-2)16-22(21)30-26(24)32/h5-16,30,32H,3-4H2,1-2H3,(H,28,31). The fourth-order valence-electron chi connectivity index (χ4n) is 3.62. The average Bonchev–Trinajstić information content (AvgIpc) is 3.18. The first kappa shape index (κ1) is 22.8. The van der Waals surface area contributed by atoms with Gasteiger partial charge in [-0.15, -0.1) is 0 Å². The molecule has 7 nitrogen and oxygen atoms in total. The number of H-pyrrole nitrogens is 1. The van der Waals surface area contributed by atoms with E-state index in [0.29, 0.717) is 40.2 Å². The molecule has 0 aliphatic rings. The van der Waals surface area contributed by atoms with Crippen molar-refractivity contribution >= 4 is 39.9 Å². The molecule has 0 saturated carbocycles. The summed E-state index contributed by atoms with van der Waals surface area (Å²) in [5, 5.41) is 14.4. The molecule has 3 aromatic carbocycles. The fourth-order valence-corrected chi connectivity index (χ4v) is 3.62. The number of carbonyl (C=O) groups excluding carboxylic acids is 2. The van der Waals surface area contributed by atoms with Crippen molar-refractivity contribution in [1.29, 1.82) is 0 Å². The molecule has 4 aromatic rings. The van der Waals surface area contributed by atoms with Gasteiger partial charge >= 0.3 is 5.97 Å². The van der Waals surface area contributed by atoms with Crippen LogP contribution in [0, 0.1) is 0 Å². The minimum Gasteiger partial charge on any atom is -0.494 e. The van der Waals surface area contributed by atoms with E-state index in [-0.39, 0.29) is 18.4 Å². The van der Waals surface area contributed by atoms with Crippen LogP contribution in [-0.2, 0) is 9.53 Å². The molecule has 1 heterocycles. The minimum atomic E-state index is -0.424. The van der Waals surface area contributed by atoms with Gasteiger partial charge in [0.25, 0.3) is 0 Å². The lowest BCUT2D eigenvalue weighted by molar-refractivity contribution is -0.115. The summed E-state index contributed by atoms with van der Waals surface area (Å²) in [6.45, 7) is 3.83. The maximum absolute atomic E-state index is 12.1. The van der Waals surface area contributed by atoms with Gasteiger partial charge in [-0.3, -0.25) is 4.79 Å². The predicted molar refractivity (Wildman–Crippen MR) is 133 cm³/mol. The molecule has 0 aliphatic heterocycles. The average molecular weight is 456 g/mol. The summed E-state index contributed by atoms with van der Waals surface area (Å²) in [5.41, 5.74) is 4.25. The summed E-state index contributed by atoms with van der Waals surface area (Å²) in [7, 11) is 0. The molecule has 0 radical (unpaired) electrons. The van der Waals surface area contributed by atoms with Gasteiger partial charge in [-0.25, -0.2) is 9.79 Å². The zero-order valence-corrected chi connectivity index (χ0v) is 19.0. The number of hydrogen-bond acceptors (Lipinski definition) is 5. The van der Waals surface area contributed by atoms with E-state index >= 15 is 0 Å². The summed E-state index contributed by atoms with van der Waals surface area (Å²) in [5.74, 6) is -0.537. The number of esters is 1. The Morgan fingerprint density at radius 2 is 1.71 bits per heavy atom. The van der Waals surface area contributed by atoms with Crippen molar-refractivity contribution in [3.05, 3.63) is 89.5 Å². The van der Waals surface area contributed by atoms with Crippen molar-refractivity contribution in [3.63, 3.8) is 0 Å². The molecule has 0 bridgehead atoms. The zero-order chi connectivity index (χ0) is 24.1. The first-order chi connectivity index (χ1) is 16.5. The van der Waals surface area contributed by atoms with Crippen LogP contribution >= 0.6 is 0 Å². The molecule has 4 rings (SSSR count). The first-order valence-corrected chi connectivity index (χ1v) is 11.1. The van der Waals surface area contributed by atoms with Crippen LogP contribution in [0.2, 0.25) is 0 Å². The number of aromatic hydroxyl groups is 1. The number of amides is 1.